The number of hydrogen-bond donors (Lipinski definition) is 0. The van der Waals surface area contributed by atoms with Gasteiger partial charge in [0.05, 0.1) is 18.5 Å². The molecule has 1 aliphatic rings. The van der Waals surface area contributed by atoms with Crippen LogP contribution < -0.4 is 10.3 Å². The molecule has 1 aliphatic heterocycles. The Morgan fingerprint density at radius 2 is 1.81 bits per heavy atom. The molecule has 2 aromatic carbocycles. The van der Waals surface area contributed by atoms with Gasteiger partial charge in [-0.1, -0.05) is 17.7 Å². The number of halogens is 1. The zero-order chi connectivity index (χ0) is 21.8. The fourth-order valence-corrected chi connectivity index (χ4v) is 3.93. The van der Waals surface area contributed by atoms with Gasteiger partial charge in [-0.15, -0.1) is 0 Å². The molecule has 7 nitrogen and oxygen atoms in total. The molecule has 0 aliphatic carbocycles. The van der Waals surface area contributed by atoms with Crippen LogP contribution in [-0.4, -0.2) is 64.6 Å². The number of benzene rings is 2. The summed E-state index contributed by atoms with van der Waals surface area (Å²) >= 11 is 5.91. The molecule has 4 rings (SSSR count). The van der Waals surface area contributed by atoms with E-state index in [2.05, 4.69) is 9.88 Å². The van der Waals surface area contributed by atoms with Gasteiger partial charge in [-0.3, -0.25) is 19.1 Å². The molecule has 0 bridgehead atoms. The standard InChI is InChI=1S/C23H25ClN4O3/c1-2-31-20-5-3-4-19-21(20)23(30)28(16-25-19)15-12-26-10-13-27(14-11-26)22(29)17-6-8-18(24)9-7-17/h3-9,16H,2,10-15H2,1H3. The first-order valence-electron chi connectivity index (χ1n) is 10.4. The smallest absolute Gasteiger partial charge is 0.265 e. The van der Waals surface area contributed by atoms with E-state index in [9.17, 15) is 9.59 Å². The second-order valence-electron chi connectivity index (χ2n) is 7.47. The largest absolute Gasteiger partial charge is 0.493 e. The molecule has 1 saturated heterocycles. The zero-order valence-corrected chi connectivity index (χ0v) is 18.2. The second kappa shape index (κ2) is 9.49. The summed E-state index contributed by atoms with van der Waals surface area (Å²) in [5.74, 6) is 0.593. The molecule has 0 unspecified atom stereocenters. The molecular weight excluding hydrogens is 416 g/mol. The van der Waals surface area contributed by atoms with Gasteiger partial charge in [0, 0.05) is 49.9 Å². The minimum absolute atomic E-state index is 0.0229. The minimum Gasteiger partial charge on any atom is -0.493 e. The summed E-state index contributed by atoms with van der Waals surface area (Å²) in [5, 5.41) is 1.14. The zero-order valence-electron chi connectivity index (χ0n) is 17.5. The highest BCUT2D eigenvalue weighted by Crippen LogP contribution is 2.20. The third kappa shape index (κ3) is 4.73. The van der Waals surface area contributed by atoms with Crippen LogP contribution in [0.4, 0.5) is 0 Å². The predicted molar refractivity (Wildman–Crippen MR) is 121 cm³/mol. The number of fused-ring (bicyclic) bond motifs is 1. The van der Waals surface area contributed by atoms with Crippen molar-refractivity contribution in [3.05, 3.63) is 69.7 Å². The van der Waals surface area contributed by atoms with Crippen LogP contribution in [0.25, 0.3) is 10.9 Å². The monoisotopic (exact) mass is 440 g/mol. The lowest BCUT2D eigenvalue weighted by atomic mass is 10.2. The Labute approximate surface area is 185 Å². The second-order valence-corrected chi connectivity index (χ2v) is 7.90. The molecule has 8 heteroatoms. The first-order chi connectivity index (χ1) is 15.1. The molecule has 1 aromatic heterocycles. The average Bonchev–Trinajstić information content (AvgIpc) is 2.79. The van der Waals surface area contributed by atoms with Gasteiger partial charge in [0.2, 0.25) is 0 Å². The summed E-state index contributed by atoms with van der Waals surface area (Å²) < 4.78 is 7.25. The van der Waals surface area contributed by atoms with Crippen molar-refractivity contribution in [1.82, 2.24) is 19.4 Å². The highest BCUT2D eigenvalue weighted by Gasteiger charge is 2.22. The van der Waals surface area contributed by atoms with Crippen LogP contribution in [0.1, 0.15) is 17.3 Å². The fourth-order valence-electron chi connectivity index (χ4n) is 3.80. The lowest BCUT2D eigenvalue weighted by Gasteiger charge is -2.34. The first-order valence-corrected chi connectivity index (χ1v) is 10.8. The number of amides is 1. The number of piperazine rings is 1. The maximum Gasteiger partial charge on any atom is 0.265 e. The van der Waals surface area contributed by atoms with Gasteiger partial charge in [-0.2, -0.15) is 0 Å². The van der Waals surface area contributed by atoms with Crippen LogP contribution in [0.3, 0.4) is 0 Å². The number of nitrogens with zero attached hydrogens (tertiary/aromatic N) is 4. The van der Waals surface area contributed by atoms with E-state index in [1.54, 1.807) is 41.2 Å². The highest BCUT2D eigenvalue weighted by molar-refractivity contribution is 6.30. The van der Waals surface area contributed by atoms with Crippen LogP contribution >= 0.6 is 11.6 Å². The number of carbonyl (C=O) groups is 1. The van der Waals surface area contributed by atoms with Crippen molar-refractivity contribution in [3.8, 4) is 5.75 Å². The van der Waals surface area contributed by atoms with Crippen molar-refractivity contribution in [2.45, 2.75) is 13.5 Å². The topological polar surface area (TPSA) is 67.7 Å². The molecule has 0 atom stereocenters. The molecular formula is C23H25ClN4O3. The van der Waals surface area contributed by atoms with Crippen molar-refractivity contribution in [2.24, 2.45) is 0 Å². The number of hydrogen-bond acceptors (Lipinski definition) is 5. The molecule has 162 valence electrons. The molecule has 31 heavy (non-hydrogen) atoms. The van der Waals surface area contributed by atoms with E-state index < -0.39 is 0 Å². The lowest BCUT2D eigenvalue weighted by Crippen LogP contribution is -2.49. The number of rotatable bonds is 6. The first kappa shape index (κ1) is 21.3. The van der Waals surface area contributed by atoms with E-state index in [-0.39, 0.29) is 11.5 Å². The van der Waals surface area contributed by atoms with E-state index >= 15 is 0 Å². The van der Waals surface area contributed by atoms with Gasteiger partial charge in [-0.25, -0.2) is 4.98 Å². The summed E-state index contributed by atoms with van der Waals surface area (Å²) in [5.41, 5.74) is 1.20. The van der Waals surface area contributed by atoms with E-state index in [4.69, 9.17) is 16.3 Å². The maximum atomic E-state index is 13.0. The average molecular weight is 441 g/mol. The summed E-state index contributed by atoms with van der Waals surface area (Å²) in [6, 6.07) is 12.4. The van der Waals surface area contributed by atoms with E-state index in [1.165, 1.54) is 0 Å². The van der Waals surface area contributed by atoms with Crippen molar-refractivity contribution in [1.29, 1.82) is 0 Å². The van der Waals surface area contributed by atoms with E-state index in [0.29, 0.717) is 60.0 Å². The molecule has 1 fully saturated rings. The molecule has 1 amide bonds. The quantitative estimate of drug-likeness (QED) is 0.589. The van der Waals surface area contributed by atoms with Crippen LogP contribution in [0.2, 0.25) is 5.02 Å². The van der Waals surface area contributed by atoms with Gasteiger partial charge < -0.3 is 9.64 Å². The Hall–Kier alpha value is -2.90. The minimum atomic E-state index is -0.0920. The fraction of sp³-hybridized carbons (Fsp3) is 0.348. The van der Waals surface area contributed by atoms with Gasteiger partial charge >= 0.3 is 0 Å². The summed E-state index contributed by atoms with van der Waals surface area (Å²) in [4.78, 5) is 34.2. The van der Waals surface area contributed by atoms with Crippen LogP contribution in [0.5, 0.6) is 5.75 Å². The van der Waals surface area contributed by atoms with Gasteiger partial charge in [0.1, 0.15) is 11.1 Å². The summed E-state index contributed by atoms with van der Waals surface area (Å²) in [7, 11) is 0. The lowest BCUT2D eigenvalue weighted by molar-refractivity contribution is 0.0633. The van der Waals surface area contributed by atoms with Crippen LogP contribution in [-0.2, 0) is 6.54 Å². The van der Waals surface area contributed by atoms with Gasteiger partial charge in [0.25, 0.3) is 11.5 Å². The third-order valence-corrected chi connectivity index (χ3v) is 5.77. The number of aromatic nitrogens is 2. The summed E-state index contributed by atoms with van der Waals surface area (Å²) in [6.07, 6.45) is 1.60. The molecule has 2 heterocycles. The Morgan fingerprint density at radius 1 is 1.06 bits per heavy atom. The molecule has 0 N–H and O–H groups in total. The molecule has 0 saturated carbocycles. The van der Waals surface area contributed by atoms with Crippen LogP contribution in [0, 0.1) is 0 Å². The SMILES string of the molecule is CCOc1cccc2ncn(CCN3CCN(C(=O)c4ccc(Cl)cc4)CC3)c(=O)c12. The molecule has 0 radical (unpaired) electrons. The summed E-state index contributed by atoms with van der Waals surface area (Å²) in [6.45, 7) is 6.47. The number of carbonyl (C=O) groups excluding carboxylic acids is 1. The Kier molecular flexibility index (Phi) is 6.53. The third-order valence-electron chi connectivity index (χ3n) is 5.52. The number of ether oxygens (including phenoxy) is 1. The Morgan fingerprint density at radius 3 is 2.52 bits per heavy atom. The van der Waals surface area contributed by atoms with Gasteiger partial charge in [-0.05, 0) is 43.3 Å². The maximum absolute atomic E-state index is 13.0. The highest BCUT2D eigenvalue weighted by atomic mass is 35.5. The predicted octanol–water partition coefficient (Wildman–Crippen LogP) is 2.91. The van der Waals surface area contributed by atoms with Gasteiger partial charge in [0.15, 0.2) is 0 Å². The van der Waals surface area contributed by atoms with Crippen molar-refractivity contribution < 1.29 is 9.53 Å². The molecule has 0 spiro atoms. The normalized spacial score (nSPS) is 14.7. The Bertz CT molecular complexity index is 1120. The van der Waals surface area contributed by atoms with E-state index in [0.717, 1.165) is 13.1 Å². The molecule has 3 aromatic rings. The van der Waals surface area contributed by atoms with E-state index in [1.807, 2.05) is 24.0 Å². The van der Waals surface area contributed by atoms with Crippen LogP contribution in [0.15, 0.2) is 53.6 Å². The van der Waals surface area contributed by atoms with Crippen molar-refractivity contribution in [2.75, 3.05) is 39.3 Å². The van der Waals surface area contributed by atoms with Crippen molar-refractivity contribution >= 4 is 28.4 Å². The van der Waals surface area contributed by atoms with Crippen molar-refractivity contribution in [3.63, 3.8) is 0 Å². The Balaban J connectivity index is 1.37.